The molecule has 0 fully saturated rings. The molecule has 1 unspecified atom stereocenters. The number of hydrogen-bond donors (Lipinski definition) is 3. The Labute approximate surface area is 192 Å². The van der Waals surface area contributed by atoms with Crippen molar-refractivity contribution in [2.24, 2.45) is 11.8 Å². The van der Waals surface area contributed by atoms with Crippen molar-refractivity contribution < 1.29 is 32.7 Å². The van der Waals surface area contributed by atoms with Gasteiger partial charge in [-0.25, -0.2) is 13.6 Å². The summed E-state index contributed by atoms with van der Waals surface area (Å²) in [5.74, 6) is -1.73. The molecular weight excluding hydrogens is 436 g/mol. The molecule has 1 aromatic carbocycles. The number of benzene rings is 1. The number of carbonyl (C=O) groups is 4. The predicted octanol–water partition coefficient (Wildman–Crippen LogP) is 2.81. The maximum absolute atomic E-state index is 12.9. The van der Waals surface area contributed by atoms with Crippen LogP contribution in [0.15, 0.2) is 30.3 Å². The second-order valence-electron chi connectivity index (χ2n) is 8.50. The van der Waals surface area contributed by atoms with E-state index >= 15 is 0 Å². The highest BCUT2D eigenvalue weighted by Crippen LogP contribution is 2.10. The van der Waals surface area contributed by atoms with E-state index in [4.69, 9.17) is 4.74 Å². The third-order valence-corrected chi connectivity index (χ3v) is 4.70. The summed E-state index contributed by atoms with van der Waals surface area (Å²) in [5.41, 5.74) is 0.778. The summed E-state index contributed by atoms with van der Waals surface area (Å²) in [7, 11) is 0. The second-order valence-corrected chi connectivity index (χ2v) is 8.50. The number of alkyl halides is 2. The number of alkyl carbamates (subject to hydrolysis) is 1. The number of aldehydes is 1. The number of halogens is 2. The van der Waals surface area contributed by atoms with Crippen LogP contribution in [0.1, 0.15) is 46.1 Å². The van der Waals surface area contributed by atoms with Crippen molar-refractivity contribution in [3.8, 4) is 0 Å². The Morgan fingerprint density at radius 2 is 1.58 bits per heavy atom. The van der Waals surface area contributed by atoms with Gasteiger partial charge >= 0.3 is 6.09 Å². The molecule has 3 amide bonds. The third kappa shape index (κ3) is 10.9. The fourth-order valence-corrected chi connectivity index (χ4v) is 3.01. The van der Waals surface area contributed by atoms with Crippen LogP contribution in [0.3, 0.4) is 0 Å². The van der Waals surface area contributed by atoms with Crippen molar-refractivity contribution in [1.29, 1.82) is 0 Å². The van der Waals surface area contributed by atoms with E-state index in [2.05, 4.69) is 16.0 Å². The van der Waals surface area contributed by atoms with Gasteiger partial charge in [0.15, 0.2) is 0 Å². The molecule has 0 saturated carbocycles. The summed E-state index contributed by atoms with van der Waals surface area (Å²) in [6.45, 7) is 7.09. The van der Waals surface area contributed by atoms with Crippen LogP contribution in [0.25, 0.3) is 0 Å². The first-order chi connectivity index (χ1) is 15.5. The highest BCUT2D eigenvalue weighted by Gasteiger charge is 2.30. The van der Waals surface area contributed by atoms with Crippen LogP contribution in [0.2, 0.25) is 0 Å². The Hall–Kier alpha value is -3.04. The van der Waals surface area contributed by atoms with E-state index in [1.165, 1.54) is 0 Å². The van der Waals surface area contributed by atoms with E-state index in [0.717, 1.165) is 5.56 Å². The fourth-order valence-electron chi connectivity index (χ4n) is 3.01. The Kier molecular flexibility index (Phi) is 12.0. The molecule has 0 saturated heterocycles. The molecule has 0 aliphatic rings. The molecule has 184 valence electrons. The molecule has 0 heterocycles. The normalized spacial score (nSPS) is 13.8. The van der Waals surface area contributed by atoms with Gasteiger partial charge < -0.3 is 25.5 Å². The Bertz CT molecular complexity index is 775. The van der Waals surface area contributed by atoms with E-state index < -0.39 is 48.9 Å². The van der Waals surface area contributed by atoms with Crippen molar-refractivity contribution in [3.05, 3.63) is 35.9 Å². The third-order valence-electron chi connectivity index (χ3n) is 4.70. The van der Waals surface area contributed by atoms with Crippen molar-refractivity contribution in [2.75, 3.05) is 0 Å². The van der Waals surface area contributed by atoms with Crippen LogP contribution in [0.5, 0.6) is 0 Å². The molecule has 3 N–H and O–H groups in total. The van der Waals surface area contributed by atoms with Gasteiger partial charge in [-0.05, 0) is 23.8 Å². The van der Waals surface area contributed by atoms with Gasteiger partial charge in [-0.15, -0.1) is 0 Å². The van der Waals surface area contributed by atoms with Crippen molar-refractivity contribution in [2.45, 2.75) is 71.7 Å². The number of carbonyl (C=O) groups excluding carboxylic acids is 4. The maximum Gasteiger partial charge on any atom is 0.408 e. The summed E-state index contributed by atoms with van der Waals surface area (Å²) >= 11 is 0. The van der Waals surface area contributed by atoms with Crippen LogP contribution in [-0.4, -0.2) is 48.7 Å². The zero-order chi connectivity index (χ0) is 25.0. The molecule has 0 spiro atoms. The minimum Gasteiger partial charge on any atom is -0.445 e. The highest BCUT2D eigenvalue weighted by molar-refractivity contribution is 5.92. The first kappa shape index (κ1) is 28.0. The minimum atomic E-state index is -2.77. The van der Waals surface area contributed by atoms with Gasteiger partial charge in [-0.2, -0.15) is 0 Å². The van der Waals surface area contributed by atoms with Crippen LogP contribution >= 0.6 is 0 Å². The van der Waals surface area contributed by atoms with Gasteiger partial charge in [0, 0.05) is 6.42 Å². The number of ether oxygens (including phenoxy) is 1. The highest BCUT2D eigenvalue weighted by atomic mass is 19.3. The average Bonchev–Trinajstić information content (AvgIpc) is 2.74. The minimum absolute atomic E-state index is 0.0212. The second kappa shape index (κ2) is 14.2. The summed E-state index contributed by atoms with van der Waals surface area (Å²) in [6.07, 6.45) is -3.94. The van der Waals surface area contributed by atoms with E-state index in [-0.39, 0.29) is 31.1 Å². The largest absolute Gasteiger partial charge is 0.445 e. The fraction of sp³-hybridized carbons (Fsp3) is 0.565. The Balaban J connectivity index is 2.80. The summed E-state index contributed by atoms with van der Waals surface area (Å²) in [4.78, 5) is 48.7. The summed E-state index contributed by atoms with van der Waals surface area (Å²) in [5, 5.41) is 7.31. The van der Waals surface area contributed by atoms with E-state index in [1.807, 2.05) is 19.9 Å². The summed E-state index contributed by atoms with van der Waals surface area (Å²) in [6, 6.07) is 5.58. The van der Waals surface area contributed by atoms with Gasteiger partial charge in [0.25, 0.3) is 0 Å². The smallest absolute Gasteiger partial charge is 0.408 e. The first-order valence-electron chi connectivity index (χ1n) is 10.8. The summed E-state index contributed by atoms with van der Waals surface area (Å²) < 4.78 is 30.4. The SMILES string of the molecule is CC(C)C[C@H](NC(=O)[C@@H](NC(=O)OCc1ccccc1)C(C)C)C(=O)NC(C=O)CC(F)F. The standard InChI is InChI=1S/C23H33F2N3O5/c1-14(2)10-18(21(30)26-17(12-29)11-19(24)25)27-22(31)20(15(3)4)28-23(32)33-13-16-8-6-5-7-9-16/h5-9,12,14-15,17-20H,10-11,13H2,1-4H3,(H,26,30)(H,27,31)(H,28,32)/t17?,18-,20-/m0/s1. The molecule has 10 heteroatoms. The lowest BCUT2D eigenvalue weighted by atomic mass is 9.99. The maximum atomic E-state index is 12.9. The van der Waals surface area contributed by atoms with Crippen LogP contribution < -0.4 is 16.0 Å². The number of hydrogen-bond acceptors (Lipinski definition) is 5. The van der Waals surface area contributed by atoms with E-state index in [1.54, 1.807) is 38.1 Å². The number of amides is 3. The molecule has 0 aliphatic heterocycles. The van der Waals surface area contributed by atoms with Crippen molar-refractivity contribution in [3.63, 3.8) is 0 Å². The molecular formula is C23H33F2N3O5. The molecule has 1 rings (SSSR count). The molecule has 0 aliphatic carbocycles. The van der Waals surface area contributed by atoms with E-state index in [9.17, 15) is 28.0 Å². The lowest BCUT2D eigenvalue weighted by molar-refractivity contribution is -0.132. The lowest BCUT2D eigenvalue weighted by Crippen LogP contribution is -2.56. The van der Waals surface area contributed by atoms with Crippen molar-refractivity contribution >= 4 is 24.2 Å². The zero-order valence-electron chi connectivity index (χ0n) is 19.3. The van der Waals surface area contributed by atoms with Gasteiger partial charge in [0.2, 0.25) is 18.2 Å². The average molecular weight is 470 g/mol. The van der Waals surface area contributed by atoms with Gasteiger partial charge in [0.05, 0.1) is 6.04 Å². The van der Waals surface area contributed by atoms with Gasteiger partial charge in [-0.1, -0.05) is 58.0 Å². The molecule has 33 heavy (non-hydrogen) atoms. The van der Waals surface area contributed by atoms with Crippen LogP contribution in [0, 0.1) is 11.8 Å². The Morgan fingerprint density at radius 1 is 0.939 bits per heavy atom. The number of nitrogens with one attached hydrogen (secondary N) is 3. The topological polar surface area (TPSA) is 114 Å². The van der Waals surface area contributed by atoms with Crippen LogP contribution in [-0.2, 0) is 25.7 Å². The van der Waals surface area contributed by atoms with E-state index in [0.29, 0.717) is 0 Å². The molecule has 0 bridgehead atoms. The van der Waals surface area contributed by atoms with Crippen molar-refractivity contribution in [1.82, 2.24) is 16.0 Å². The Morgan fingerprint density at radius 3 is 2.09 bits per heavy atom. The molecule has 1 aromatic rings. The van der Waals surface area contributed by atoms with Crippen LogP contribution in [0.4, 0.5) is 13.6 Å². The van der Waals surface area contributed by atoms with Gasteiger partial charge in [0.1, 0.15) is 25.0 Å². The predicted molar refractivity (Wildman–Crippen MR) is 118 cm³/mol. The molecule has 3 atom stereocenters. The lowest BCUT2D eigenvalue weighted by Gasteiger charge is -2.26. The zero-order valence-corrected chi connectivity index (χ0v) is 19.3. The monoisotopic (exact) mass is 469 g/mol. The molecule has 8 nitrogen and oxygen atoms in total. The molecule has 0 radical (unpaired) electrons. The van der Waals surface area contributed by atoms with Gasteiger partial charge in [-0.3, -0.25) is 9.59 Å². The number of rotatable bonds is 13. The quantitative estimate of drug-likeness (QED) is 0.385. The first-order valence-corrected chi connectivity index (χ1v) is 10.8. The molecule has 0 aromatic heterocycles.